The van der Waals surface area contributed by atoms with E-state index in [0.29, 0.717) is 29.4 Å². The van der Waals surface area contributed by atoms with Crippen LogP contribution < -0.4 is 5.32 Å². The van der Waals surface area contributed by atoms with Crippen LogP contribution in [-0.2, 0) is 20.7 Å². The topological polar surface area (TPSA) is 75.6 Å². The Labute approximate surface area is 138 Å². The Morgan fingerprint density at radius 3 is 2.64 bits per heavy atom. The lowest BCUT2D eigenvalue weighted by atomic mass is 10.1. The van der Waals surface area contributed by atoms with Crippen molar-refractivity contribution in [1.82, 2.24) is 5.32 Å². The van der Waals surface area contributed by atoms with Gasteiger partial charge in [0.2, 0.25) is 5.91 Å². The van der Waals surface area contributed by atoms with Crippen LogP contribution in [-0.4, -0.2) is 35.7 Å². The zero-order valence-corrected chi connectivity index (χ0v) is 13.4. The molecule has 22 heavy (non-hydrogen) atoms. The Morgan fingerprint density at radius 1 is 1.27 bits per heavy atom. The van der Waals surface area contributed by atoms with E-state index in [2.05, 4.69) is 5.32 Å². The number of carbonyl (C=O) groups is 2. The van der Waals surface area contributed by atoms with Crippen LogP contribution in [0.25, 0.3) is 0 Å². The Bertz CT molecular complexity index is 564. The minimum atomic E-state index is -1.02. The van der Waals surface area contributed by atoms with Crippen molar-refractivity contribution in [1.29, 1.82) is 0 Å². The van der Waals surface area contributed by atoms with Gasteiger partial charge in [0, 0.05) is 16.6 Å². The van der Waals surface area contributed by atoms with E-state index in [1.165, 1.54) is 0 Å². The van der Waals surface area contributed by atoms with Crippen LogP contribution >= 0.6 is 23.2 Å². The Morgan fingerprint density at radius 2 is 2.00 bits per heavy atom. The second-order valence-corrected chi connectivity index (χ2v) is 6.00. The lowest BCUT2D eigenvalue weighted by molar-refractivity contribution is -0.151. The van der Waals surface area contributed by atoms with Gasteiger partial charge >= 0.3 is 5.97 Å². The zero-order valence-electron chi connectivity index (χ0n) is 11.9. The molecule has 2 rings (SSSR count). The normalized spacial score (nSPS) is 20.8. The van der Waals surface area contributed by atoms with E-state index in [9.17, 15) is 9.59 Å². The molecule has 1 aromatic carbocycles. The number of halogens is 2. The van der Waals surface area contributed by atoms with E-state index < -0.39 is 18.2 Å². The van der Waals surface area contributed by atoms with Gasteiger partial charge in [0.25, 0.3) is 0 Å². The number of hydrogen-bond donors (Lipinski definition) is 2. The summed E-state index contributed by atoms with van der Waals surface area (Å²) in [6.07, 6.45) is 0.713. The van der Waals surface area contributed by atoms with Crippen molar-refractivity contribution >= 4 is 35.1 Å². The number of amides is 1. The number of carboxylic acid groups (broad SMARTS) is 1. The molecule has 1 aromatic rings. The Kier molecular flexibility index (Phi) is 6.06. The lowest BCUT2D eigenvalue weighted by Crippen LogP contribution is -2.36. The number of carbonyl (C=O) groups excluding carboxylic acids is 1. The van der Waals surface area contributed by atoms with E-state index >= 15 is 0 Å². The van der Waals surface area contributed by atoms with Gasteiger partial charge in [-0.15, -0.1) is 0 Å². The average Bonchev–Trinajstić information content (AvgIpc) is 2.95. The molecule has 7 heteroatoms. The highest BCUT2D eigenvalue weighted by Crippen LogP contribution is 2.22. The number of benzene rings is 1. The van der Waals surface area contributed by atoms with E-state index in [0.717, 1.165) is 18.4 Å². The zero-order chi connectivity index (χ0) is 16.1. The van der Waals surface area contributed by atoms with E-state index in [-0.39, 0.29) is 5.91 Å². The van der Waals surface area contributed by atoms with Gasteiger partial charge in [-0.2, -0.15) is 0 Å². The number of ether oxygens (including phenoxy) is 1. The molecule has 5 nitrogen and oxygen atoms in total. The first-order chi connectivity index (χ1) is 10.5. The maximum Gasteiger partial charge on any atom is 0.332 e. The fourth-order valence-electron chi connectivity index (χ4n) is 2.34. The Balaban J connectivity index is 1.70. The molecule has 1 heterocycles. The SMILES string of the molecule is O=C(NCCCc1ccc(Cl)cc1Cl)[C@@H]1CC[C@H](C(=O)O)O1. The highest BCUT2D eigenvalue weighted by atomic mass is 35.5. The third kappa shape index (κ3) is 4.60. The van der Waals surface area contributed by atoms with Crippen molar-refractivity contribution in [2.24, 2.45) is 0 Å². The molecule has 1 fully saturated rings. The van der Waals surface area contributed by atoms with Crippen molar-refractivity contribution < 1.29 is 19.4 Å². The molecule has 0 radical (unpaired) electrons. The maximum atomic E-state index is 11.9. The third-order valence-corrected chi connectivity index (χ3v) is 4.11. The van der Waals surface area contributed by atoms with Crippen molar-refractivity contribution in [2.75, 3.05) is 6.54 Å². The molecule has 2 atom stereocenters. The summed E-state index contributed by atoms with van der Waals surface area (Å²) in [5, 5.41) is 12.8. The second-order valence-electron chi connectivity index (χ2n) is 5.16. The summed E-state index contributed by atoms with van der Waals surface area (Å²) in [5.74, 6) is -1.28. The molecule has 0 spiro atoms. The molecule has 0 aromatic heterocycles. The van der Waals surface area contributed by atoms with Gasteiger partial charge in [-0.05, 0) is 43.4 Å². The molecule has 0 aliphatic carbocycles. The standard InChI is InChI=1S/C15H17Cl2NO4/c16-10-4-3-9(11(17)8-10)2-1-7-18-14(19)12-5-6-13(22-12)15(20)21/h3-4,8,12-13H,1-2,5-7H2,(H,18,19)(H,20,21)/t12-,13+/m0/s1. The number of hydrogen-bond acceptors (Lipinski definition) is 3. The van der Waals surface area contributed by atoms with Crippen molar-refractivity contribution in [3.8, 4) is 0 Å². The number of carboxylic acids is 1. The number of aryl methyl sites for hydroxylation is 1. The highest BCUT2D eigenvalue weighted by Gasteiger charge is 2.34. The molecule has 1 saturated heterocycles. The van der Waals surface area contributed by atoms with Crippen LogP contribution in [0.4, 0.5) is 0 Å². The number of rotatable bonds is 6. The van der Waals surface area contributed by atoms with Gasteiger partial charge in [0.15, 0.2) is 6.10 Å². The molecule has 0 saturated carbocycles. The van der Waals surface area contributed by atoms with Gasteiger partial charge in [-0.1, -0.05) is 29.3 Å². The first kappa shape index (κ1) is 17.1. The fourth-order valence-corrected chi connectivity index (χ4v) is 2.84. The summed E-state index contributed by atoms with van der Waals surface area (Å²) >= 11 is 11.9. The van der Waals surface area contributed by atoms with Crippen molar-refractivity contribution in [3.05, 3.63) is 33.8 Å². The predicted octanol–water partition coefficient (Wildman–Crippen LogP) is 2.67. The largest absolute Gasteiger partial charge is 0.479 e. The number of aliphatic carboxylic acids is 1. The van der Waals surface area contributed by atoms with E-state index in [1.54, 1.807) is 12.1 Å². The summed E-state index contributed by atoms with van der Waals surface area (Å²) in [6, 6.07) is 5.33. The fraction of sp³-hybridized carbons (Fsp3) is 0.467. The molecule has 1 aliphatic heterocycles. The van der Waals surface area contributed by atoms with Gasteiger partial charge in [-0.25, -0.2) is 4.79 Å². The predicted molar refractivity (Wildman–Crippen MR) is 83.3 cm³/mol. The van der Waals surface area contributed by atoms with Gasteiger partial charge in [0.1, 0.15) is 6.10 Å². The van der Waals surface area contributed by atoms with Crippen LogP contribution in [0.15, 0.2) is 18.2 Å². The van der Waals surface area contributed by atoms with Crippen LogP contribution in [0.2, 0.25) is 10.0 Å². The summed E-state index contributed by atoms with van der Waals surface area (Å²) < 4.78 is 5.18. The number of nitrogens with one attached hydrogen (secondary N) is 1. The highest BCUT2D eigenvalue weighted by molar-refractivity contribution is 6.35. The minimum Gasteiger partial charge on any atom is -0.479 e. The smallest absolute Gasteiger partial charge is 0.332 e. The van der Waals surface area contributed by atoms with Gasteiger partial charge < -0.3 is 15.2 Å². The summed E-state index contributed by atoms with van der Waals surface area (Å²) in [5.41, 5.74) is 0.975. The van der Waals surface area contributed by atoms with Gasteiger partial charge in [-0.3, -0.25) is 4.79 Å². The monoisotopic (exact) mass is 345 g/mol. The lowest BCUT2D eigenvalue weighted by Gasteiger charge is -2.12. The quantitative estimate of drug-likeness (QED) is 0.777. The Hall–Kier alpha value is -1.30. The van der Waals surface area contributed by atoms with Gasteiger partial charge in [0.05, 0.1) is 0 Å². The van der Waals surface area contributed by atoms with Crippen molar-refractivity contribution in [3.63, 3.8) is 0 Å². The molecular formula is C15H17Cl2NO4. The average molecular weight is 346 g/mol. The van der Waals surface area contributed by atoms with Crippen LogP contribution in [0.1, 0.15) is 24.8 Å². The summed E-state index contributed by atoms with van der Waals surface area (Å²) in [4.78, 5) is 22.6. The minimum absolute atomic E-state index is 0.258. The molecule has 1 aliphatic rings. The first-order valence-corrected chi connectivity index (χ1v) is 7.83. The molecule has 2 N–H and O–H groups in total. The first-order valence-electron chi connectivity index (χ1n) is 7.07. The molecule has 1 amide bonds. The third-order valence-electron chi connectivity index (χ3n) is 3.52. The van der Waals surface area contributed by atoms with Crippen molar-refractivity contribution in [2.45, 2.75) is 37.9 Å². The van der Waals surface area contributed by atoms with E-state index in [1.807, 2.05) is 6.07 Å². The van der Waals surface area contributed by atoms with E-state index in [4.69, 9.17) is 33.0 Å². The molecule has 0 unspecified atom stereocenters. The van der Waals surface area contributed by atoms with Crippen LogP contribution in [0.3, 0.4) is 0 Å². The molecule has 0 bridgehead atoms. The van der Waals surface area contributed by atoms with Crippen LogP contribution in [0, 0.1) is 0 Å². The maximum absolute atomic E-state index is 11.9. The van der Waals surface area contributed by atoms with Crippen LogP contribution in [0.5, 0.6) is 0 Å². The molecule has 120 valence electrons. The summed E-state index contributed by atoms with van der Waals surface area (Å²) in [6.45, 7) is 0.482. The second kappa shape index (κ2) is 7.81. The summed E-state index contributed by atoms with van der Waals surface area (Å²) in [7, 11) is 0. The molecular weight excluding hydrogens is 329 g/mol.